The van der Waals surface area contributed by atoms with Crippen LogP contribution in [0, 0.1) is 5.41 Å². The van der Waals surface area contributed by atoms with Gasteiger partial charge in [0.2, 0.25) is 5.95 Å². The zero-order chi connectivity index (χ0) is 18.5. The molecule has 2 aliphatic heterocycles. The molecule has 1 atom stereocenters. The summed E-state index contributed by atoms with van der Waals surface area (Å²) in [5.74, 6) is 0.812. The monoisotopic (exact) mass is 357 g/mol. The third-order valence-electron chi connectivity index (χ3n) is 5.36. The first-order valence-corrected chi connectivity index (χ1v) is 8.64. The van der Waals surface area contributed by atoms with Crippen LogP contribution in [-0.4, -0.2) is 83.2 Å². The number of hydrogen-bond acceptors (Lipinski definition) is 6. The number of carbonyl (C=O) groups is 1. The van der Waals surface area contributed by atoms with Crippen molar-refractivity contribution in [3.05, 3.63) is 40.1 Å². The molecular formula is C17H23N7O2. The molecule has 9 nitrogen and oxygen atoms in total. The van der Waals surface area contributed by atoms with Crippen molar-refractivity contribution in [2.45, 2.75) is 5.92 Å². The van der Waals surface area contributed by atoms with E-state index in [2.05, 4.69) is 27.1 Å². The lowest BCUT2D eigenvalue weighted by atomic mass is 9.70. The van der Waals surface area contributed by atoms with Crippen LogP contribution in [0.2, 0.25) is 0 Å². The van der Waals surface area contributed by atoms with Gasteiger partial charge in [-0.3, -0.25) is 19.8 Å². The van der Waals surface area contributed by atoms with Crippen LogP contribution < -0.4 is 10.5 Å². The fourth-order valence-corrected chi connectivity index (χ4v) is 4.19. The van der Waals surface area contributed by atoms with Gasteiger partial charge in [-0.1, -0.05) is 0 Å². The van der Waals surface area contributed by atoms with Gasteiger partial charge < -0.3 is 14.7 Å². The number of likely N-dealkylation sites (tertiary alicyclic amines) is 2. The minimum absolute atomic E-state index is 0.00104. The molecule has 2 fully saturated rings. The van der Waals surface area contributed by atoms with Gasteiger partial charge in [0.05, 0.1) is 5.69 Å². The quantitative estimate of drug-likeness (QED) is 0.784. The molecule has 0 aromatic carbocycles. The number of nitrogens with one attached hydrogen (secondary N) is 2. The highest BCUT2D eigenvalue weighted by Crippen LogP contribution is 2.48. The van der Waals surface area contributed by atoms with Crippen LogP contribution in [0.15, 0.2) is 23.1 Å². The van der Waals surface area contributed by atoms with E-state index in [1.807, 2.05) is 25.1 Å². The summed E-state index contributed by atoms with van der Waals surface area (Å²) in [5, 5.41) is 5.05. The Morgan fingerprint density at radius 3 is 2.73 bits per heavy atom. The van der Waals surface area contributed by atoms with Gasteiger partial charge in [-0.15, -0.1) is 0 Å². The lowest BCUT2D eigenvalue weighted by Gasteiger charge is -2.50. The standard InChI is InChI=1S/C17H23N7O2/c1-22(2)16-18-5-4-12(19-16)11-7-23(3)8-17(11)9-24(10-17)15(26)13-6-14(25)21-20-13/h4-6,11H,7-10H2,1-3H3,(H2,20,21,25). The Labute approximate surface area is 151 Å². The average Bonchev–Trinajstić information content (AvgIpc) is 3.16. The minimum atomic E-state index is -0.292. The Morgan fingerprint density at radius 2 is 2.08 bits per heavy atom. The van der Waals surface area contributed by atoms with Gasteiger partial charge in [-0.05, 0) is 13.1 Å². The van der Waals surface area contributed by atoms with Crippen molar-refractivity contribution >= 4 is 11.9 Å². The molecule has 2 aromatic rings. The normalized spacial score (nSPS) is 21.8. The maximum Gasteiger partial charge on any atom is 0.271 e. The summed E-state index contributed by atoms with van der Waals surface area (Å²) in [5.41, 5.74) is 1.04. The molecule has 0 radical (unpaired) electrons. The molecule has 2 aliphatic rings. The predicted octanol–water partition coefficient (Wildman–Crippen LogP) is -0.270. The molecular weight excluding hydrogens is 334 g/mol. The lowest BCUT2D eigenvalue weighted by molar-refractivity contribution is 0.00310. The average molecular weight is 357 g/mol. The summed E-state index contributed by atoms with van der Waals surface area (Å²) in [6.07, 6.45) is 1.80. The summed E-state index contributed by atoms with van der Waals surface area (Å²) < 4.78 is 0. The van der Waals surface area contributed by atoms with Crippen LogP contribution in [0.4, 0.5) is 5.95 Å². The lowest BCUT2D eigenvalue weighted by Crippen LogP contribution is -2.61. The molecule has 2 aromatic heterocycles. The van der Waals surface area contributed by atoms with Crippen LogP contribution in [-0.2, 0) is 0 Å². The van der Waals surface area contributed by atoms with Crippen molar-refractivity contribution in [3.8, 4) is 0 Å². The van der Waals surface area contributed by atoms with Gasteiger partial charge in [-0.2, -0.15) is 0 Å². The van der Waals surface area contributed by atoms with E-state index in [-0.39, 0.29) is 22.8 Å². The van der Waals surface area contributed by atoms with Gasteiger partial charge in [0.15, 0.2) is 0 Å². The highest BCUT2D eigenvalue weighted by atomic mass is 16.2. The SMILES string of the molecule is CN1CC(c2ccnc(N(C)C)n2)C2(C1)CN(C(=O)c1cc(=O)[nH][nH]1)C2. The Kier molecular flexibility index (Phi) is 3.83. The molecule has 1 amide bonds. The maximum absolute atomic E-state index is 12.5. The number of rotatable bonds is 3. The Morgan fingerprint density at radius 1 is 1.31 bits per heavy atom. The van der Waals surface area contributed by atoms with Gasteiger partial charge in [-0.25, -0.2) is 9.97 Å². The summed E-state index contributed by atoms with van der Waals surface area (Å²) in [6, 6.07) is 3.28. The number of H-pyrrole nitrogens is 2. The molecule has 1 unspecified atom stereocenters. The van der Waals surface area contributed by atoms with E-state index < -0.39 is 0 Å². The largest absolute Gasteiger partial charge is 0.347 e. The van der Waals surface area contributed by atoms with Gasteiger partial charge in [0, 0.05) is 63.9 Å². The molecule has 9 heteroatoms. The van der Waals surface area contributed by atoms with E-state index in [0.717, 1.165) is 18.8 Å². The van der Waals surface area contributed by atoms with Gasteiger partial charge in [0.25, 0.3) is 11.5 Å². The van der Waals surface area contributed by atoms with E-state index in [1.165, 1.54) is 6.07 Å². The topological polar surface area (TPSA) is 101 Å². The van der Waals surface area contributed by atoms with Crippen molar-refractivity contribution in [1.29, 1.82) is 0 Å². The third-order valence-corrected chi connectivity index (χ3v) is 5.36. The number of aromatic amines is 2. The highest BCUT2D eigenvalue weighted by molar-refractivity contribution is 5.92. The first-order chi connectivity index (χ1) is 12.4. The number of aromatic nitrogens is 4. The van der Waals surface area contributed by atoms with Crippen LogP contribution >= 0.6 is 0 Å². The molecule has 138 valence electrons. The summed E-state index contributed by atoms with van der Waals surface area (Å²) in [6.45, 7) is 3.16. The number of nitrogens with zero attached hydrogens (tertiary/aromatic N) is 5. The van der Waals surface area contributed by atoms with Gasteiger partial charge >= 0.3 is 0 Å². The van der Waals surface area contributed by atoms with Gasteiger partial charge in [0.1, 0.15) is 5.69 Å². The fourth-order valence-electron chi connectivity index (χ4n) is 4.19. The summed E-state index contributed by atoms with van der Waals surface area (Å²) in [7, 11) is 5.96. The molecule has 2 N–H and O–H groups in total. The zero-order valence-corrected chi connectivity index (χ0v) is 15.2. The zero-order valence-electron chi connectivity index (χ0n) is 15.2. The Hall–Kier alpha value is -2.68. The van der Waals surface area contributed by atoms with Crippen molar-refractivity contribution in [1.82, 2.24) is 30.0 Å². The number of likely N-dealkylation sites (N-methyl/N-ethyl adjacent to an activating group) is 1. The van der Waals surface area contributed by atoms with Crippen LogP contribution in [0.5, 0.6) is 0 Å². The molecule has 1 spiro atoms. The van der Waals surface area contributed by atoms with E-state index in [1.54, 1.807) is 11.1 Å². The summed E-state index contributed by atoms with van der Waals surface area (Å²) in [4.78, 5) is 38.8. The Bertz CT molecular complexity index is 881. The maximum atomic E-state index is 12.5. The molecule has 0 saturated carbocycles. The van der Waals surface area contributed by atoms with Crippen LogP contribution in [0.25, 0.3) is 0 Å². The van der Waals surface area contributed by atoms with Crippen molar-refractivity contribution in [2.24, 2.45) is 5.41 Å². The number of amides is 1. The number of hydrogen-bond donors (Lipinski definition) is 2. The molecule has 4 heterocycles. The van der Waals surface area contributed by atoms with Crippen LogP contribution in [0.3, 0.4) is 0 Å². The Balaban J connectivity index is 1.55. The molecule has 0 bridgehead atoms. The second-order valence-corrected chi connectivity index (χ2v) is 7.62. The fraction of sp³-hybridized carbons (Fsp3) is 0.529. The summed E-state index contributed by atoms with van der Waals surface area (Å²) >= 11 is 0. The number of carbonyl (C=O) groups excluding carboxylic acids is 1. The highest BCUT2D eigenvalue weighted by Gasteiger charge is 2.55. The molecule has 0 aliphatic carbocycles. The third kappa shape index (κ3) is 2.68. The van der Waals surface area contributed by atoms with Crippen molar-refractivity contribution in [3.63, 3.8) is 0 Å². The second kappa shape index (κ2) is 5.94. The molecule has 2 saturated heterocycles. The van der Waals surface area contributed by atoms with E-state index in [9.17, 15) is 9.59 Å². The first kappa shape index (κ1) is 16.8. The van der Waals surface area contributed by atoms with Crippen molar-refractivity contribution < 1.29 is 4.79 Å². The van der Waals surface area contributed by atoms with E-state index in [4.69, 9.17) is 4.98 Å². The predicted molar refractivity (Wildman–Crippen MR) is 96.3 cm³/mol. The van der Waals surface area contributed by atoms with Crippen LogP contribution in [0.1, 0.15) is 22.1 Å². The molecule has 4 rings (SSSR count). The smallest absolute Gasteiger partial charge is 0.271 e. The van der Waals surface area contributed by atoms with E-state index in [0.29, 0.717) is 24.7 Å². The number of anilines is 1. The van der Waals surface area contributed by atoms with E-state index >= 15 is 0 Å². The second-order valence-electron chi connectivity index (χ2n) is 7.62. The van der Waals surface area contributed by atoms with Crippen molar-refractivity contribution in [2.75, 3.05) is 52.2 Å². The minimum Gasteiger partial charge on any atom is -0.347 e. The first-order valence-electron chi connectivity index (χ1n) is 8.64. The molecule has 26 heavy (non-hydrogen) atoms.